The number of anilines is 2. The van der Waals surface area contributed by atoms with E-state index in [9.17, 15) is 0 Å². The van der Waals surface area contributed by atoms with Crippen LogP contribution in [0.4, 0.5) is 11.6 Å². The maximum Gasteiger partial charge on any atom is 0.227 e. The van der Waals surface area contributed by atoms with Crippen LogP contribution < -0.4 is 5.32 Å². The molecule has 1 aliphatic rings. The molecular weight excluding hydrogens is 446 g/mol. The molecule has 5 rings (SSSR count). The molecule has 1 unspecified atom stereocenters. The summed E-state index contributed by atoms with van der Waals surface area (Å²) < 4.78 is 5.64. The minimum Gasteiger partial charge on any atom is -0.381 e. The third-order valence-electron chi connectivity index (χ3n) is 6.28. The van der Waals surface area contributed by atoms with Crippen molar-refractivity contribution in [3.8, 4) is 11.1 Å². The summed E-state index contributed by atoms with van der Waals surface area (Å²) >= 11 is 6.49. The van der Waals surface area contributed by atoms with Gasteiger partial charge in [-0.15, -0.1) is 0 Å². The standard InChI is InChI=1S/C27H28ClN5O/c1-17-8-10-29-13-23(17)22-6-7-25(28)24-14-30-27(32-26(22)24)31-20-4-5-21(18-9-11-34-16-18)19(12-20)15-33(2)3/h4-8,10,12-14,18H,9,11,15-16H2,1-3H3,(H,30,31,32). The van der Waals surface area contributed by atoms with Gasteiger partial charge in [0.05, 0.1) is 17.1 Å². The average molecular weight is 474 g/mol. The molecule has 0 bridgehead atoms. The van der Waals surface area contributed by atoms with Gasteiger partial charge < -0.3 is 15.0 Å². The number of nitrogens with one attached hydrogen (secondary N) is 1. The Bertz CT molecular complexity index is 1330. The number of nitrogens with zero attached hydrogens (tertiary/aromatic N) is 4. The normalized spacial score (nSPS) is 15.9. The van der Waals surface area contributed by atoms with Crippen molar-refractivity contribution in [1.29, 1.82) is 0 Å². The Balaban J connectivity index is 1.53. The van der Waals surface area contributed by atoms with Crippen LogP contribution in [0.1, 0.15) is 29.0 Å². The molecule has 4 aromatic rings. The van der Waals surface area contributed by atoms with Crippen LogP contribution in [-0.2, 0) is 11.3 Å². The first-order valence-electron chi connectivity index (χ1n) is 11.5. The molecule has 174 valence electrons. The van der Waals surface area contributed by atoms with Gasteiger partial charge in [-0.1, -0.05) is 23.7 Å². The van der Waals surface area contributed by atoms with Gasteiger partial charge >= 0.3 is 0 Å². The van der Waals surface area contributed by atoms with E-state index < -0.39 is 0 Å². The van der Waals surface area contributed by atoms with Crippen molar-refractivity contribution in [2.24, 2.45) is 0 Å². The number of rotatable bonds is 6. The first-order valence-corrected chi connectivity index (χ1v) is 11.9. The zero-order valence-electron chi connectivity index (χ0n) is 19.7. The van der Waals surface area contributed by atoms with E-state index in [1.54, 1.807) is 12.4 Å². The van der Waals surface area contributed by atoms with E-state index in [4.69, 9.17) is 21.3 Å². The summed E-state index contributed by atoms with van der Waals surface area (Å²) in [5.74, 6) is 0.985. The predicted octanol–water partition coefficient (Wildman–Crippen LogP) is 5.96. The molecule has 2 aromatic heterocycles. The molecule has 0 radical (unpaired) electrons. The van der Waals surface area contributed by atoms with Crippen molar-refractivity contribution in [2.45, 2.75) is 25.8 Å². The highest BCUT2D eigenvalue weighted by atomic mass is 35.5. The van der Waals surface area contributed by atoms with Crippen LogP contribution in [-0.4, -0.2) is 47.2 Å². The van der Waals surface area contributed by atoms with Gasteiger partial charge in [0.1, 0.15) is 0 Å². The molecule has 7 heteroatoms. The Hall–Kier alpha value is -3.06. The Morgan fingerprint density at radius 1 is 1.12 bits per heavy atom. The minimum absolute atomic E-state index is 0.452. The number of aromatic nitrogens is 3. The second-order valence-electron chi connectivity index (χ2n) is 9.08. The predicted molar refractivity (Wildman–Crippen MR) is 138 cm³/mol. The fourth-order valence-corrected chi connectivity index (χ4v) is 4.78. The lowest BCUT2D eigenvalue weighted by molar-refractivity contribution is 0.193. The van der Waals surface area contributed by atoms with E-state index in [1.807, 2.05) is 24.4 Å². The maximum atomic E-state index is 6.49. The number of aryl methyl sites for hydroxylation is 1. The van der Waals surface area contributed by atoms with E-state index in [2.05, 4.69) is 59.4 Å². The molecule has 1 saturated heterocycles. The van der Waals surface area contributed by atoms with E-state index in [0.717, 1.165) is 59.5 Å². The number of ether oxygens (including phenoxy) is 1. The number of hydrogen-bond donors (Lipinski definition) is 1. The summed E-state index contributed by atoms with van der Waals surface area (Å²) in [5.41, 5.74) is 7.56. The van der Waals surface area contributed by atoms with Crippen LogP contribution in [0.3, 0.4) is 0 Å². The maximum absolute atomic E-state index is 6.49. The molecule has 2 aromatic carbocycles. The van der Waals surface area contributed by atoms with Gasteiger partial charge in [0.25, 0.3) is 0 Å². The quantitative estimate of drug-likeness (QED) is 0.372. The largest absolute Gasteiger partial charge is 0.381 e. The van der Waals surface area contributed by atoms with E-state index in [0.29, 0.717) is 16.9 Å². The lowest BCUT2D eigenvalue weighted by atomic mass is 9.93. The topological polar surface area (TPSA) is 63.2 Å². The molecule has 3 heterocycles. The van der Waals surface area contributed by atoms with Crippen LogP contribution in [0.25, 0.3) is 22.0 Å². The van der Waals surface area contributed by atoms with Gasteiger partial charge in [-0.2, -0.15) is 0 Å². The highest BCUT2D eigenvalue weighted by Gasteiger charge is 2.21. The summed E-state index contributed by atoms with van der Waals surface area (Å²) in [5, 5.41) is 4.86. The third-order valence-corrected chi connectivity index (χ3v) is 6.61. The highest BCUT2D eigenvalue weighted by Crippen LogP contribution is 2.34. The summed E-state index contributed by atoms with van der Waals surface area (Å²) in [6.07, 6.45) is 6.52. The van der Waals surface area contributed by atoms with Crippen molar-refractivity contribution in [3.05, 3.63) is 76.7 Å². The average Bonchev–Trinajstić information content (AvgIpc) is 3.35. The van der Waals surface area contributed by atoms with Crippen LogP contribution in [0.15, 0.2) is 55.0 Å². The number of benzene rings is 2. The molecule has 0 spiro atoms. The second-order valence-corrected chi connectivity index (χ2v) is 9.49. The monoisotopic (exact) mass is 473 g/mol. The van der Waals surface area contributed by atoms with Crippen LogP contribution in [0, 0.1) is 6.92 Å². The van der Waals surface area contributed by atoms with Gasteiger partial charge in [0.2, 0.25) is 5.95 Å². The summed E-state index contributed by atoms with van der Waals surface area (Å²) in [6, 6.07) is 12.4. The Morgan fingerprint density at radius 2 is 2.00 bits per heavy atom. The fraction of sp³-hybridized carbons (Fsp3) is 0.296. The lowest BCUT2D eigenvalue weighted by Gasteiger charge is -2.19. The van der Waals surface area contributed by atoms with Crippen molar-refractivity contribution in [3.63, 3.8) is 0 Å². The Kier molecular flexibility index (Phi) is 6.46. The molecule has 34 heavy (non-hydrogen) atoms. The Morgan fingerprint density at radius 3 is 2.76 bits per heavy atom. The molecule has 1 N–H and O–H groups in total. The molecule has 0 saturated carbocycles. The van der Waals surface area contributed by atoms with E-state index in [1.165, 1.54) is 11.1 Å². The van der Waals surface area contributed by atoms with E-state index >= 15 is 0 Å². The zero-order valence-corrected chi connectivity index (χ0v) is 20.4. The zero-order chi connectivity index (χ0) is 23.7. The van der Waals surface area contributed by atoms with Gasteiger partial charge in [-0.3, -0.25) is 4.98 Å². The first-order chi connectivity index (χ1) is 16.5. The number of pyridine rings is 1. The minimum atomic E-state index is 0.452. The molecule has 0 aliphatic carbocycles. The van der Waals surface area contributed by atoms with Crippen molar-refractivity contribution < 1.29 is 4.74 Å². The molecular formula is C27H28ClN5O. The first kappa shape index (κ1) is 22.7. The van der Waals surface area contributed by atoms with Crippen LogP contribution >= 0.6 is 11.6 Å². The molecule has 1 atom stereocenters. The highest BCUT2D eigenvalue weighted by molar-refractivity contribution is 6.35. The Labute approximate surface area is 205 Å². The fourth-order valence-electron chi connectivity index (χ4n) is 4.58. The summed E-state index contributed by atoms with van der Waals surface area (Å²) in [6.45, 7) is 4.55. The molecule has 1 fully saturated rings. The van der Waals surface area contributed by atoms with Crippen molar-refractivity contribution in [1.82, 2.24) is 19.9 Å². The van der Waals surface area contributed by atoms with Gasteiger partial charge in [-0.05, 0) is 68.4 Å². The smallest absolute Gasteiger partial charge is 0.227 e. The molecule has 1 aliphatic heterocycles. The van der Waals surface area contributed by atoms with Crippen molar-refractivity contribution in [2.75, 3.05) is 32.6 Å². The van der Waals surface area contributed by atoms with E-state index in [-0.39, 0.29) is 0 Å². The van der Waals surface area contributed by atoms with Crippen LogP contribution in [0.2, 0.25) is 5.02 Å². The molecule has 6 nitrogen and oxygen atoms in total. The summed E-state index contributed by atoms with van der Waals surface area (Å²) in [7, 11) is 4.18. The van der Waals surface area contributed by atoms with Crippen LogP contribution in [0.5, 0.6) is 0 Å². The second kappa shape index (κ2) is 9.66. The summed E-state index contributed by atoms with van der Waals surface area (Å²) in [4.78, 5) is 15.9. The van der Waals surface area contributed by atoms with Gasteiger partial charge in [0, 0.05) is 59.9 Å². The number of fused-ring (bicyclic) bond motifs is 1. The van der Waals surface area contributed by atoms with Gasteiger partial charge in [0.15, 0.2) is 0 Å². The third kappa shape index (κ3) is 4.62. The van der Waals surface area contributed by atoms with Gasteiger partial charge in [-0.25, -0.2) is 9.97 Å². The van der Waals surface area contributed by atoms with Crippen molar-refractivity contribution >= 4 is 34.1 Å². The number of hydrogen-bond acceptors (Lipinski definition) is 6. The number of halogens is 1. The SMILES string of the molecule is Cc1ccncc1-c1ccc(Cl)c2cnc(Nc3ccc(C4CCOC4)c(CN(C)C)c3)nc12. The lowest BCUT2D eigenvalue weighted by Crippen LogP contribution is -2.14. The molecule has 0 amide bonds.